The van der Waals surface area contributed by atoms with Gasteiger partial charge in [-0.25, -0.2) is 0 Å². The zero-order valence-corrected chi connectivity index (χ0v) is 16.8. The van der Waals surface area contributed by atoms with E-state index in [2.05, 4.69) is 20.4 Å². The maximum Gasteiger partial charge on any atom is 0.247 e. The Bertz CT molecular complexity index is 1060. The Morgan fingerprint density at radius 2 is 1.69 bits per heavy atom. The van der Waals surface area contributed by atoms with Gasteiger partial charge in [0.15, 0.2) is 11.0 Å². The summed E-state index contributed by atoms with van der Waals surface area (Å²) in [5.74, 6) is 3.79. The van der Waals surface area contributed by atoms with Crippen LogP contribution >= 0.6 is 11.8 Å². The van der Waals surface area contributed by atoms with Crippen LogP contribution in [0.1, 0.15) is 11.7 Å². The van der Waals surface area contributed by atoms with Gasteiger partial charge in [-0.3, -0.25) is 0 Å². The van der Waals surface area contributed by atoms with Gasteiger partial charge in [0.25, 0.3) is 0 Å². The monoisotopic (exact) mass is 409 g/mol. The van der Waals surface area contributed by atoms with Crippen LogP contribution < -0.4 is 9.47 Å². The first-order valence-corrected chi connectivity index (χ1v) is 9.87. The van der Waals surface area contributed by atoms with Gasteiger partial charge in [0.1, 0.15) is 18.1 Å². The molecule has 2 aromatic heterocycles. The second-order valence-corrected chi connectivity index (χ2v) is 7.02. The standard InChI is InChI=1S/C20H19N5O3S/c1-25-17(12-27-16-10-8-15(26-2)9-11-16)21-24-20(25)29-13-18-22-23-19(28-18)14-6-4-3-5-7-14/h3-11H,12-13H2,1-2H3. The van der Waals surface area contributed by atoms with Gasteiger partial charge >= 0.3 is 0 Å². The maximum absolute atomic E-state index is 5.77. The van der Waals surface area contributed by atoms with Crippen LogP contribution in [0, 0.1) is 0 Å². The van der Waals surface area contributed by atoms with Crippen LogP contribution in [0.2, 0.25) is 0 Å². The number of aromatic nitrogens is 5. The highest BCUT2D eigenvalue weighted by molar-refractivity contribution is 7.98. The van der Waals surface area contributed by atoms with E-state index < -0.39 is 0 Å². The SMILES string of the molecule is COc1ccc(OCc2nnc(SCc3nnc(-c4ccccc4)o3)n2C)cc1. The van der Waals surface area contributed by atoms with E-state index in [4.69, 9.17) is 13.9 Å². The Morgan fingerprint density at radius 1 is 0.931 bits per heavy atom. The third kappa shape index (κ3) is 4.57. The molecule has 0 aliphatic carbocycles. The first-order valence-electron chi connectivity index (χ1n) is 8.88. The average molecular weight is 409 g/mol. The molecule has 8 nitrogen and oxygen atoms in total. The van der Waals surface area contributed by atoms with Crippen LogP contribution in [-0.2, 0) is 19.4 Å². The smallest absolute Gasteiger partial charge is 0.247 e. The summed E-state index contributed by atoms with van der Waals surface area (Å²) in [6, 6.07) is 17.1. The van der Waals surface area contributed by atoms with E-state index in [-0.39, 0.29) is 0 Å². The minimum Gasteiger partial charge on any atom is -0.497 e. The first kappa shape index (κ1) is 19.0. The fraction of sp³-hybridized carbons (Fsp3) is 0.200. The van der Waals surface area contributed by atoms with Crippen LogP contribution in [0.15, 0.2) is 64.2 Å². The summed E-state index contributed by atoms with van der Waals surface area (Å²) in [5, 5.41) is 17.4. The third-order valence-corrected chi connectivity index (χ3v) is 5.17. The van der Waals surface area contributed by atoms with Crippen molar-refractivity contribution in [1.29, 1.82) is 0 Å². The summed E-state index contributed by atoms with van der Waals surface area (Å²) in [6.07, 6.45) is 0. The van der Waals surface area contributed by atoms with Gasteiger partial charge < -0.3 is 18.5 Å². The second kappa shape index (κ2) is 8.78. The summed E-state index contributed by atoms with van der Waals surface area (Å²) in [4.78, 5) is 0. The molecule has 29 heavy (non-hydrogen) atoms. The summed E-state index contributed by atoms with van der Waals surface area (Å²) in [5.41, 5.74) is 0.896. The molecule has 0 spiro atoms. The van der Waals surface area contributed by atoms with Gasteiger partial charge in [0.05, 0.1) is 12.9 Å². The summed E-state index contributed by atoms with van der Waals surface area (Å²) in [6.45, 7) is 0.315. The fourth-order valence-electron chi connectivity index (χ4n) is 2.55. The Hall–Kier alpha value is -3.33. The number of hydrogen-bond acceptors (Lipinski definition) is 8. The highest BCUT2D eigenvalue weighted by Crippen LogP contribution is 2.24. The minimum absolute atomic E-state index is 0.315. The lowest BCUT2D eigenvalue weighted by Gasteiger charge is -2.07. The highest BCUT2D eigenvalue weighted by atomic mass is 32.2. The van der Waals surface area contributed by atoms with Crippen molar-refractivity contribution < 1.29 is 13.9 Å². The molecule has 0 amide bonds. The van der Waals surface area contributed by atoms with E-state index in [1.807, 2.05) is 66.2 Å². The molecule has 0 bridgehead atoms. The molecule has 2 aromatic carbocycles. The van der Waals surface area contributed by atoms with Gasteiger partial charge in [0, 0.05) is 12.6 Å². The highest BCUT2D eigenvalue weighted by Gasteiger charge is 2.13. The Labute approximate surface area is 171 Å². The molecule has 0 saturated heterocycles. The zero-order valence-electron chi connectivity index (χ0n) is 16.0. The molecule has 0 saturated carbocycles. The predicted octanol–water partition coefficient (Wildman–Crippen LogP) is 3.75. The predicted molar refractivity (Wildman–Crippen MR) is 108 cm³/mol. The van der Waals surface area contributed by atoms with Crippen molar-refractivity contribution in [2.75, 3.05) is 7.11 Å². The van der Waals surface area contributed by atoms with Crippen LogP contribution in [-0.4, -0.2) is 32.1 Å². The largest absolute Gasteiger partial charge is 0.497 e. The quantitative estimate of drug-likeness (QED) is 0.407. The molecule has 148 valence electrons. The third-order valence-electron chi connectivity index (χ3n) is 4.16. The van der Waals surface area contributed by atoms with Crippen molar-refractivity contribution in [3.63, 3.8) is 0 Å². The van der Waals surface area contributed by atoms with Crippen LogP contribution in [0.5, 0.6) is 11.5 Å². The molecule has 0 aliphatic heterocycles. The molecule has 0 fully saturated rings. The zero-order chi connectivity index (χ0) is 20.1. The van der Waals surface area contributed by atoms with E-state index in [9.17, 15) is 0 Å². The van der Waals surface area contributed by atoms with Crippen molar-refractivity contribution in [2.24, 2.45) is 7.05 Å². The van der Waals surface area contributed by atoms with Crippen molar-refractivity contribution in [3.05, 3.63) is 66.3 Å². The topological polar surface area (TPSA) is 88.1 Å². The van der Waals surface area contributed by atoms with Gasteiger partial charge in [-0.1, -0.05) is 30.0 Å². The van der Waals surface area contributed by atoms with E-state index in [1.54, 1.807) is 7.11 Å². The summed E-state index contributed by atoms with van der Waals surface area (Å²) in [7, 11) is 3.53. The van der Waals surface area contributed by atoms with E-state index in [0.29, 0.717) is 24.1 Å². The first-order chi connectivity index (χ1) is 14.2. The van der Waals surface area contributed by atoms with E-state index in [1.165, 1.54) is 11.8 Å². The van der Waals surface area contributed by atoms with Crippen molar-refractivity contribution in [3.8, 4) is 23.0 Å². The normalized spacial score (nSPS) is 10.8. The molecule has 0 atom stereocenters. The molecule has 4 aromatic rings. The van der Waals surface area contributed by atoms with Crippen LogP contribution in [0.3, 0.4) is 0 Å². The lowest BCUT2D eigenvalue weighted by molar-refractivity contribution is 0.290. The minimum atomic E-state index is 0.315. The van der Waals surface area contributed by atoms with E-state index in [0.717, 1.165) is 28.0 Å². The molecule has 0 unspecified atom stereocenters. The molecule has 2 heterocycles. The average Bonchev–Trinajstić information content (AvgIpc) is 3.38. The van der Waals surface area contributed by atoms with Crippen LogP contribution in [0.25, 0.3) is 11.5 Å². The number of rotatable bonds is 8. The second-order valence-electron chi connectivity index (χ2n) is 6.08. The van der Waals surface area contributed by atoms with Gasteiger partial charge in [-0.15, -0.1) is 20.4 Å². The number of methoxy groups -OCH3 is 1. The van der Waals surface area contributed by atoms with Gasteiger partial charge in [-0.2, -0.15) is 0 Å². The number of benzene rings is 2. The number of hydrogen-bond donors (Lipinski definition) is 0. The van der Waals surface area contributed by atoms with Crippen molar-refractivity contribution >= 4 is 11.8 Å². The molecular weight excluding hydrogens is 390 g/mol. The van der Waals surface area contributed by atoms with Crippen LogP contribution in [0.4, 0.5) is 0 Å². The van der Waals surface area contributed by atoms with Gasteiger partial charge in [0.2, 0.25) is 11.8 Å². The molecular formula is C20H19N5O3S. The summed E-state index contributed by atoms with van der Waals surface area (Å²) < 4.78 is 18.5. The lowest BCUT2D eigenvalue weighted by atomic mass is 10.2. The number of ether oxygens (including phenoxy) is 2. The van der Waals surface area contributed by atoms with Crippen molar-refractivity contribution in [1.82, 2.24) is 25.0 Å². The number of nitrogens with zero attached hydrogens (tertiary/aromatic N) is 5. The Balaban J connectivity index is 1.34. The van der Waals surface area contributed by atoms with Crippen molar-refractivity contribution in [2.45, 2.75) is 17.5 Å². The fourth-order valence-corrected chi connectivity index (χ4v) is 3.32. The molecule has 0 aliphatic rings. The van der Waals surface area contributed by atoms with E-state index >= 15 is 0 Å². The molecule has 9 heteroatoms. The molecule has 0 radical (unpaired) electrons. The molecule has 0 N–H and O–H groups in total. The van der Waals surface area contributed by atoms with Gasteiger partial charge in [-0.05, 0) is 36.4 Å². The lowest BCUT2D eigenvalue weighted by Crippen LogP contribution is -2.04. The Morgan fingerprint density at radius 3 is 2.45 bits per heavy atom. The molecule has 4 rings (SSSR count). The summed E-state index contributed by atoms with van der Waals surface area (Å²) >= 11 is 1.48. The number of thioether (sulfide) groups is 1. The Kier molecular flexibility index (Phi) is 5.76. The maximum atomic E-state index is 5.77.